The van der Waals surface area contributed by atoms with Crippen LogP contribution in [0.25, 0.3) is 16.6 Å². The van der Waals surface area contributed by atoms with Crippen molar-refractivity contribution in [3.05, 3.63) is 73.1 Å². The fourth-order valence-corrected chi connectivity index (χ4v) is 3.80. The van der Waals surface area contributed by atoms with Crippen molar-refractivity contribution in [3.8, 4) is 0 Å². The molecule has 0 amide bonds. The lowest BCUT2D eigenvalue weighted by molar-refractivity contribution is 0.654. The molecule has 0 unspecified atom stereocenters. The number of anilines is 2. The van der Waals surface area contributed by atoms with Crippen molar-refractivity contribution in [2.75, 3.05) is 36.0 Å². The fraction of sp³-hybridized carbons (Fsp3) is 0.190. The van der Waals surface area contributed by atoms with Crippen LogP contribution < -0.4 is 9.80 Å². The number of aromatic nitrogens is 2. The molecule has 0 N–H and O–H groups in total. The number of piperazine rings is 1. The minimum Gasteiger partial charge on any atom is -0.368 e. The van der Waals surface area contributed by atoms with E-state index < -0.39 is 0 Å². The van der Waals surface area contributed by atoms with Crippen LogP contribution in [0.5, 0.6) is 0 Å². The van der Waals surface area contributed by atoms with Crippen molar-refractivity contribution < 1.29 is 0 Å². The quantitative estimate of drug-likeness (QED) is 0.559. The summed E-state index contributed by atoms with van der Waals surface area (Å²) in [7, 11) is 0. The van der Waals surface area contributed by atoms with E-state index in [1.807, 2.05) is 6.20 Å². The second-order valence-corrected chi connectivity index (χ2v) is 6.52. The molecular weight excluding hydrogens is 308 g/mol. The molecule has 0 atom stereocenters. The van der Waals surface area contributed by atoms with E-state index in [0.29, 0.717) is 0 Å². The molecule has 2 aromatic heterocycles. The normalized spacial score (nSPS) is 15.2. The lowest BCUT2D eigenvalue weighted by Gasteiger charge is -2.37. The number of hydrogen-bond acceptors (Lipinski definition) is 3. The molecule has 1 saturated heterocycles. The first kappa shape index (κ1) is 14.3. The minimum absolute atomic E-state index is 1.01. The summed E-state index contributed by atoms with van der Waals surface area (Å²) in [6, 6.07) is 21.3. The van der Waals surface area contributed by atoms with Gasteiger partial charge in [0.1, 0.15) is 5.52 Å². The molecule has 0 saturated carbocycles. The lowest BCUT2D eigenvalue weighted by atomic mass is 10.2. The predicted molar refractivity (Wildman–Crippen MR) is 104 cm³/mol. The molecule has 4 heteroatoms. The largest absolute Gasteiger partial charge is 0.368 e. The van der Waals surface area contributed by atoms with Gasteiger partial charge in [-0.25, -0.2) is 0 Å². The van der Waals surface area contributed by atoms with Gasteiger partial charge >= 0.3 is 0 Å². The highest BCUT2D eigenvalue weighted by molar-refractivity contribution is 5.90. The zero-order chi connectivity index (χ0) is 16.6. The van der Waals surface area contributed by atoms with Crippen LogP contribution in [0, 0.1) is 0 Å². The molecule has 0 spiro atoms. The van der Waals surface area contributed by atoms with E-state index in [9.17, 15) is 0 Å². The summed E-state index contributed by atoms with van der Waals surface area (Å²) >= 11 is 0. The van der Waals surface area contributed by atoms with E-state index in [1.165, 1.54) is 16.9 Å². The van der Waals surface area contributed by atoms with Gasteiger partial charge < -0.3 is 14.2 Å². The summed E-state index contributed by atoms with van der Waals surface area (Å²) in [6.45, 7) is 4.09. The molecule has 3 heterocycles. The van der Waals surface area contributed by atoms with Gasteiger partial charge in [-0.1, -0.05) is 24.3 Å². The first-order valence-electron chi connectivity index (χ1n) is 8.80. The highest BCUT2D eigenvalue weighted by Gasteiger charge is 2.19. The number of nitrogens with zero attached hydrogens (tertiary/aromatic N) is 4. The fourth-order valence-electron chi connectivity index (χ4n) is 3.80. The Labute approximate surface area is 146 Å². The van der Waals surface area contributed by atoms with Crippen LogP contribution in [0.1, 0.15) is 0 Å². The van der Waals surface area contributed by atoms with E-state index >= 15 is 0 Å². The van der Waals surface area contributed by atoms with Crippen molar-refractivity contribution in [3.63, 3.8) is 0 Å². The summed E-state index contributed by atoms with van der Waals surface area (Å²) in [5.74, 6) is 0. The van der Waals surface area contributed by atoms with Gasteiger partial charge in [-0.2, -0.15) is 0 Å². The van der Waals surface area contributed by atoms with Crippen LogP contribution in [-0.2, 0) is 0 Å². The summed E-state index contributed by atoms with van der Waals surface area (Å²) in [5.41, 5.74) is 5.94. The highest BCUT2D eigenvalue weighted by atomic mass is 15.3. The number of rotatable bonds is 2. The van der Waals surface area contributed by atoms with Gasteiger partial charge in [0.25, 0.3) is 0 Å². The molecule has 25 heavy (non-hydrogen) atoms. The summed E-state index contributed by atoms with van der Waals surface area (Å²) < 4.78 is 2.21. The zero-order valence-electron chi connectivity index (χ0n) is 14.0. The Morgan fingerprint density at radius 1 is 0.720 bits per heavy atom. The van der Waals surface area contributed by atoms with Gasteiger partial charge in [0.05, 0.1) is 22.9 Å². The SMILES string of the molecule is c1ccc(N2CCN(c3cccc4c3ncc3cccn34)CC2)cc1. The van der Waals surface area contributed by atoms with Crippen molar-refractivity contribution in [2.24, 2.45) is 0 Å². The van der Waals surface area contributed by atoms with Crippen molar-refractivity contribution in [2.45, 2.75) is 0 Å². The van der Waals surface area contributed by atoms with Crippen LogP contribution >= 0.6 is 0 Å². The molecule has 0 radical (unpaired) electrons. The maximum Gasteiger partial charge on any atom is 0.110 e. The first-order valence-corrected chi connectivity index (χ1v) is 8.80. The van der Waals surface area contributed by atoms with Crippen LogP contribution in [0.4, 0.5) is 11.4 Å². The average molecular weight is 328 g/mol. The van der Waals surface area contributed by atoms with Gasteiger partial charge in [-0.15, -0.1) is 0 Å². The maximum absolute atomic E-state index is 4.76. The Morgan fingerprint density at radius 2 is 1.52 bits per heavy atom. The summed E-state index contributed by atoms with van der Waals surface area (Å²) in [6.07, 6.45) is 4.07. The van der Waals surface area contributed by atoms with Crippen molar-refractivity contribution >= 4 is 27.9 Å². The third kappa shape index (κ3) is 2.41. The van der Waals surface area contributed by atoms with E-state index in [0.717, 1.165) is 37.2 Å². The summed E-state index contributed by atoms with van der Waals surface area (Å²) in [4.78, 5) is 9.68. The Kier molecular flexibility index (Phi) is 3.33. The molecule has 2 aromatic carbocycles. The van der Waals surface area contributed by atoms with Crippen LogP contribution in [0.15, 0.2) is 73.1 Å². The second-order valence-electron chi connectivity index (χ2n) is 6.52. The monoisotopic (exact) mass is 328 g/mol. The van der Waals surface area contributed by atoms with E-state index in [4.69, 9.17) is 4.98 Å². The first-order chi connectivity index (χ1) is 12.4. The molecule has 5 rings (SSSR count). The maximum atomic E-state index is 4.76. The molecule has 0 bridgehead atoms. The smallest absolute Gasteiger partial charge is 0.110 e. The Hall–Kier alpha value is -3.01. The minimum atomic E-state index is 1.01. The number of benzene rings is 2. The lowest BCUT2D eigenvalue weighted by Crippen LogP contribution is -2.46. The van der Waals surface area contributed by atoms with E-state index in [2.05, 4.69) is 81.1 Å². The molecule has 4 aromatic rings. The molecule has 124 valence electrons. The van der Waals surface area contributed by atoms with Crippen molar-refractivity contribution in [1.29, 1.82) is 0 Å². The standard InChI is InChI=1S/C21H20N4/c1-2-6-17(7-3-1)23-12-14-24(15-13-23)19-9-4-10-20-21(19)22-16-18-8-5-11-25(18)20/h1-11,16H,12-15H2. The molecule has 1 aliphatic heterocycles. The van der Waals surface area contributed by atoms with Gasteiger partial charge in [0, 0.05) is 38.1 Å². The average Bonchev–Trinajstić information content (AvgIpc) is 3.18. The number of fused-ring (bicyclic) bond motifs is 3. The third-order valence-electron chi connectivity index (χ3n) is 5.10. The van der Waals surface area contributed by atoms with Gasteiger partial charge in [-0.3, -0.25) is 4.98 Å². The van der Waals surface area contributed by atoms with Crippen LogP contribution in [0.2, 0.25) is 0 Å². The van der Waals surface area contributed by atoms with Crippen LogP contribution in [0.3, 0.4) is 0 Å². The number of hydrogen-bond donors (Lipinski definition) is 0. The van der Waals surface area contributed by atoms with Crippen molar-refractivity contribution in [1.82, 2.24) is 9.38 Å². The predicted octanol–water partition coefficient (Wildman–Crippen LogP) is 3.81. The molecular formula is C21H20N4. The third-order valence-corrected chi connectivity index (χ3v) is 5.10. The molecule has 1 aliphatic rings. The van der Waals surface area contributed by atoms with Crippen LogP contribution in [-0.4, -0.2) is 35.6 Å². The second kappa shape index (κ2) is 5.81. The highest BCUT2D eigenvalue weighted by Crippen LogP contribution is 2.27. The van der Waals surface area contributed by atoms with E-state index in [1.54, 1.807) is 0 Å². The Morgan fingerprint density at radius 3 is 2.36 bits per heavy atom. The van der Waals surface area contributed by atoms with Gasteiger partial charge in [-0.05, 0) is 36.4 Å². The molecule has 0 aliphatic carbocycles. The zero-order valence-corrected chi connectivity index (χ0v) is 14.0. The Balaban J connectivity index is 1.46. The number of para-hydroxylation sites is 2. The topological polar surface area (TPSA) is 23.8 Å². The molecule has 1 fully saturated rings. The van der Waals surface area contributed by atoms with Gasteiger partial charge in [0.2, 0.25) is 0 Å². The van der Waals surface area contributed by atoms with E-state index in [-0.39, 0.29) is 0 Å². The van der Waals surface area contributed by atoms with Gasteiger partial charge in [0.15, 0.2) is 0 Å². The summed E-state index contributed by atoms with van der Waals surface area (Å²) in [5, 5.41) is 0. The Bertz CT molecular complexity index is 1010. The molecule has 4 nitrogen and oxygen atoms in total.